The fourth-order valence-corrected chi connectivity index (χ4v) is 3.59. The Morgan fingerprint density at radius 1 is 1.35 bits per heavy atom. The lowest BCUT2D eigenvalue weighted by molar-refractivity contribution is -0.113. The summed E-state index contributed by atoms with van der Waals surface area (Å²) in [5.74, 6) is 0.269. The molecule has 23 heavy (non-hydrogen) atoms. The molecule has 1 saturated carbocycles. The molecular weight excluding hydrogens is 310 g/mol. The molecule has 1 fully saturated rings. The Morgan fingerprint density at radius 3 is 2.91 bits per heavy atom. The Morgan fingerprint density at radius 2 is 2.13 bits per heavy atom. The minimum atomic E-state index is -0.0373. The van der Waals surface area contributed by atoms with Crippen molar-refractivity contribution in [1.29, 1.82) is 0 Å². The zero-order valence-electron chi connectivity index (χ0n) is 13.5. The lowest BCUT2D eigenvalue weighted by Crippen LogP contribution is -2.16. The minimum absolute atomic E-state index is 0.0373. The molecule has 1 aromatic carbocycles. The molecule has 0 saturated heterocycles. The standard InChI is InChI=1S/C16H21N5OS/c1-11-7-8-12(2)14(9-11)17-15(22)10-23-16-18-19-20-21(16)13-5-3-4-6-13/h7-9,13H,3-6,10H2,1-2H3,(H,17,22). The van der Waals surface area contributed by atoms with Gasteiger partial charge >= 0.3 is 0 Å². The summed E-state index contributed by atoms with van der Waals surface area (Å²) >= 11 is 1.39. The molecule has 7 heteroatoms. The summed E-state index contributed by atoms with van der Waals surface area (Å²) in [6.45, 7) is 4.00. The molecular formula is C16H21N5OS. The number of thioether (sulfide) groups is 1. The molecule has 0 unspecified atom stereocenters. The maximum absolute atomic E-state index is 12.2. The molecule has 1 aliphatic carbocycles. The number of aromatic nitrogens is 4. The number of amides is 1. The maximum Gasteiger partial charge on any atom is 0.234 e. The van der Waals surface area contributed by atoms with Crippen molar-refractivity contribution in [3.05, 3.63) is 29.3 Å². The van der Waals surface area contributed by atoms with Crippen molar-refractivity contribution >= 4 is 23.4 Å². The van der Waals surface area contributed by atoms with Crippen molar-refractivity contribution in [3.63, 3.8) is 0 Å². The smallest absolute Gasteiger partial charge is 0.234 e. The Hall–Kier alpha value is -1.89. The summed E-state index contributed by atoms with van der Waals surface area (Å²) in [6, 6.07) is 6.42. The van der Waals surface area contributed by atoms with E-state index in [1.807, 2.05) is 36.7 Å². The highest BCUT2D eigenvalue weighted by atomic mass is 32.2. The molecule has 1 aromatic heterocycles. The average Bonchev–Trinajstić information content (AvgIpc) is 3.19. The van der Waals surface area contributed by atoms with Crippen molar-refractivity contribution in [2.75, 3.05) is 11.1 Å². The van der Waals surface area contributed by atoms with Crippen LogP contribution in [0.5, 0.6) is 0 Å². The van der Waals surface area contributed by atoms with Gasteiger partial charge in [-0.05, 0) is 54.3 Å². The SMILES string of the molecule is Cc1ccc(C)c(NC(=O)CSc2nnnn2C2CCCC2)c1. The van der Waals surface area contributed by atoms with Crippen LogP contribution in [0.4, 0.5) is 5.69 Å². The van der Waals surface area contributed by atoms with Crippen molar-refractivity contribution < 1.29 is 4.79 Å². The van der Waals surface area contributed by atoms with E-state index >= 15 is 0 Å². The number of hydrogen-bond acceptors (Lipinski definition) is 5. The Balaban J connectivity index is 1.59. The number of nitrogens with one attached hydrogen (secondary N) is 1. The van der Waals surface area contributed by atoms with Gasteiger partial charge in [0.15, 0.2) is 0 Å². The van der Waals surface area contributed by atoms with Gasteiger partial charge in [0, 0.05) is 5.69 Å². The van der Waals surface area contributed by atoms with E-state index in [1.54, 1.807) is 0 Å². The second kappa shape index (κ2) is 7.12. The number of hydrogen-bond donors (Lipinski definition) is 1. The summed E-state index contributed by atoms with van der Waals surface area (Å²) in [7, 11) is 0. The Kier molecular flexibility index (Phi) is 4.95. The van der Waals surface area contributed by atoms with Crippen LogP contribution in [-0.2, 0) is 4.79 Å². The number of anilines is 1. The first-order valence-corrected chi connectivity index (χ1v) is 8.90. The van der Waals surface area contributed by atoms with Crippen molar-refractivity contribution in [1.82, 2.24) is 20.2 Å². The van der Waals surface area contributed by atoms with Crippen LogP contribution in [-0.4, -0.2) is 31.9 Å². The highest BCUT2D eigenvalue weighted by molar-refractivity contribution is 7.99. The van der Waals surface area contributed by atoms with Crippen LogP contribution in [0.15, 0.2) is 23.4 Å². The van der Waals surface area contributed by atoms with Gasteiger partial charge in [0.2, 0.25) is 11.1 Å². The van der Waals surface area contributed by atoms with Gasteiger partial charge in [-0.1, -0.05) is 36.7 Å². The molecule has 0 spiro atoms. The summed E-state index contributed by atoms with van der Waals surface area (Å²) in [6.07, 6.45) is 4.68. The van der Waals surface area contributed by atoms with E-state index in [9.17, 15) is 4.79 Å². The first-order valence-electron chi connectivity index (χ1n) is 7.91. The van der Waals surface area contributed by atoms with E-state index < -0.39 is 0 Å². The van der Waals surface area contributed by atoms with Gasteiger partial charge in [-0.3, -0.25) is 4.79 Å². The van der Waals surface area contributed by atoms with Gasteiger partial charge in [0.1, 0.15) is 0 Å². The molecule has 1 aliphatic rings. The molecule has 1 amide bonds. The van der Waals surface area contributed by atoms with Crippen LogP contribution in [0.25, 0.3) is 0 Å². The Bertz CT molecular complexity index is 694. The quantitative estimate of drug-likeness (QED) is 0.852. The normalized spacial score (nSPS) is 15.0. The number of tetrazole rings is 1. The number of benzene rings is 1. The molecule has 0 bridgehead atoms. The lowest BCUT2D eigenvalue weighted by atomic mass is 10.1. The Labute approximate surface area is 140 Å². The maximum atomic E-state index is 12.2. The number of aryl methyl sites for hydroxylation is 2. The second-order valence-corrected chi connectivity index (χ2v) is 6.94. The molecule has 1 heterocycles. The van der Waals surface area contributed by atoms with Crippen molar-refractivity contribution in [2.24, 2.45) is 0 Å². The van der Waals surface area contributed by atoms with Crippen LogP contribution in [0.3, 0.4) is 0 Å². The van der Waals surface area contributed by atoms with Crippen LogP contribution in [0.2, 0.25) is 0 Å². The number of carbonyl (C=O) groups is 1. The third-order valence-corrected chi connectivity index (χ3v) is 5.07. The fraction of sp³-hybridized carbons (Fsp3) is 0.500. The summed E-state index contributed by atoms with van der Waals surface area (Å²) < 4.78 is 1.88. The van der Waals surface area contributed by atoms with E-state index in [2.05, 4.69) is 20.8 Å². The highest BCUT2D eigenvalue weighted by Crippen LogP contribution is 2.31. The molecule has 0 atom stereocenters. The van der Waals surface area contributed by atoms with E-state index in [0.29, 0.717) is 11.8 Å². The number of carbonyl (C=O) groups excluding carboxylic acids is 1. The third kappa shape index (κ3) is 3.90. The monoisotopic (exact) mass is 331 g/mol. The van der Waals surface area contributed by atoms with Gasteiger partial charge in [-0.2, -0.15) is 0 Å². The molecule has 2 aromatic rings. The van der Waals surface area contributed by atoms with Gasteiger partial charge < -0.3 is 5.32 Å². The fourth-order valence-electron chi connectivity index (χ4n) is 2.85. The first kappa shape index (κ1) is 16.0. The molecule has 0 radical (unpaired) electrons. The van der Waals surface area contributed by atoms with Crippen LogP contribution in [0, 0.1) is 13.8 Å². The van der Waals surface area contributed by atoms with E-state index in [1.165, 1.54) is 24.6 Å². The molecule has 3 rings (SSSR count). The van der Waals surface area contributed by atoms with Gasteiger partial charge in [-0.15, -0.1) is 5.10 Å². The van der Waals surface area contributed by atoms with E-state index in [-0.39, 0.29) is 5.91 Å². The van der Waals surface area contributed by atoms with Gasteiger partial charge in [0.05, 0.1) is 11.8 Å². The lowest BCUT2D eigenvalue weighted by Gasteiger charge is -2.11. The number of nitrogens with zero attached hydrogens (tertiary/aromatic N) is 4. The number of rotatable bonds is 5. The zero-order chi connectivity index (χ0) is 16.2. The zero-order valence-corrected chi connectivity index (χ0v) is 14.3. The van der Waals surface area contributed by atoms with Crippen molar-refractivity contribution in [3.8, 4) is 0 Å². The van der Waals surface area contributed by atoms with Gasteiger partial charge in [0.25, 0.3) is 0 Å². The van der Waals surface area contributed by atoms with Crippen LogP contribution < -0.4 is 5.32 Å². The van der Waals surface area contributed by atoms with Crippen LogP contribution in [0.1, 0.15) is 42.9 Å². The predicted molar refractivity (Wildman–Crippen MR) is 90.6 cm³/mol. The largest absolute Gasteiger partial charge is 0.325 e. The average molecular weight is 331 g/mol. The van der Waals surface area contributed by atoms with E-state index in [4.69, 9.17) is 0 Å². The molecule has 1 N–H and O–H groups in total. The van der Waals surface area contributed by atoms with Crippen LogP contribution >= 0.6 is 11.8 Å². The highest BCUT2D eigenvalue weighted by Gasteiger charge is 2.22. The molecule has 0 aliphatic heterocycles. The summed E-state index contributed by atoms with van der Waals surface area (Å²) in [5, 5.41) is 15.6. The molecule has 122 valence electrons. The summed E-state index contributed by atoms with van der Waals surface area (Å²) in [5.41, 5.74) is 3.06. The summed E-state index contributed by atoms with van der Waals surface area (Å²) in [4.78, 5) is 12.2. The van der Waals surface area contributed by atoms with Gasteiger partial charge in [-0.25, -0.2) is 4.68 Å². The van der Waals surface area contributed by atoms with Crippen molar-refractivity contribution in [2.45, 2.75) is 50.7 Å². The molecule has 6 nitrogen and oxygen atoms in total. The topological polar surface area (TPSA) is 72.7 Å². The minimum Gasteiger partial charge on any atom is -0.325 e. The predicted octanol–water partition coefficient (Wildman–Crippen LogP) is 3.14. The third-order valence-electron chi connectivity index (χ3n) is 4.13. The second-order valence-electron chi connectivity index (χ2n) is 6.00. The van der Waals surface area contributed by atoms with E-state index in [0.717, 1.165) is 34.8 Å². The first-order chi connectivity index (χ1) is 11.1.